The van der Waals surface area contributed by atoms with E-state index in [1.54, 1.807) is 7.05 Å². The van der Waals surface area contributed by atoms with Crippen molar-refractivity contribution in [2.24, 2.45) is 7.05 Å². The first kappa shape index (κ1) is 9.12. The number of nitrogen functional groups attached to an aromatic ring is 1. The monoisotopic (exact) mass is 208 g/mol. The van der Waals surface area contributed by atoms with E-state index in [-0.39, 0.29) is 17.5 Å². The second-order valence-electron chi connectivity index (χ2n) is 2.76. The number of H-pyrrole nitrogens is 1. The van der Waals surface area contributed by atoms with Gasteiger partial charge < -0.3 is 5.73 Å². The van der Waals surface area contributed by atoms with E-state index >= 15 is 0 Å². The zero-order valence-electron chi connectivity index (χ0n) is 7.80. The largest absolute Gasteiger partial charge is 0.382 e. The van der Waals surface area contributed by atoms with Gasteiger partial charge in [0.2, 0.25) is 0 Å². The molecule has 78 valence electrons. The van der Waals surface area contributed by atoms with Crippen LogP contribution in [0.4, 0.5) is 11.8 Å². The van der Waals surface area contributed by atoms with Crippen molar-refractivity contribution in [3.05, 3.63) is 11.8 Å². The molecule has 0 saturated carbocycles. The minimum Gasteiger partial charge on any atom is -0.382 e. The standard InChI is InChI=1S/C6H8N8O/c1-14-12-6(11-13-14)8-5(15)3-2-4(7)10-9-3/h2H,1H3,(H3,7,9,10)(H,8,12,15). The van der Waals surface area contributed by atoms with Crippen LogP contribution in [-0.2, 0) is 7.05 Å². The molecule has 9 nitrogen and oxygen atoms in total. The topological polar surface area (TPSA) is 127 Å². The van der Waals surface area contributed by atoms with E-state index in [0.29, 0.717) is 0 Å². The second-order valence-corrected chi connectivity index (χ2v) is 2.76. The molecule has 0 aliphatic heterocycles. The molecule has 2 aromatic heterocycles. The number of aromatic nitrogens is 6. The zero-order valence-corrected chi connectivity index (χ0v) is 7.80. The summed E-state index contributed by atoms with van der Waals surface area (Å²) in [4.78, 5) is 12.7. The number of hydrogen-bond acceptors (Lipinski definition) is 6. The quantitative estimate of drug-likeness (QED) is 0.566. The van der Waals surface area contributed by atoms with Crippen molar-refractivity contribution in [3.63, 3.8) is 0 Å². The Morgan fingerprint density at radius 1 is 1.67 bits per heavy atom. The van der Waals surface area contributed by atoms with Gasteiger partial charge in [-0.3, -0.25) is 15.2 Å². The number of rotatable bonds is 2. The summed E-state index contributed by atoms with van der Waals surface area (Å²) in [5.41, 5.74) is 5.58. The van der Waals surface area contributed by atoms with Gasteiger partial charge >= 0.3 is 0 Å². The molecule has 0 aromatic carbocycles. The third-order valence-electron chi connectivity index (χ3n) is 1.58. The molecular weight excluding hydrogens is 200 g/mol. The molecule has 0 bridgehead atoms. The smallest absolute Gasteiger partial charge is 0.276 e. The van der Waals surface area contributed by atoms with Gasteiger partial charge in [0.1, 0.15) is 11.5 Å². The highest BCUT2D eigenvalue weighted by atomic mass is 16.2. The highest BCUT2D eigenvalue weighted by Gasteiger charge is 2.11. The van der Waals surface area contributed by atoms with Crippen molar-refractivity contribution >= 4 is 17.7 Å². The van der Waals surface area contributed by atoms with Gasteiger partial charge in [-0.05, 0) is 5.21 Å². The third-order valence-corrected chi connectivity index (χ3v) is 1.58. The lowest BCUT2D eigenvalue weighted by molar-refractivity contribution is 0.102. The SMILES string of the molecule is Cn1nnc(NC(=O)c2cc(N)n[nH]2)n1. The average Bonchev–Trinajstić information content (AvgIpc) is 2.75. The molecule has 2 heterocycles. The molecule has 0 unspecified atom stereocenters. The molecule has 2 aromatic rings. The van der Waals surface area contributed by atoms with E-state index in [9.17, 15) is 4.79 Å². The Morgan fingerprint density at radius 3 is 3.00 bits per heavy atom. The van der Waals surface area contributed by atoms with Crippen LogP contribution in [0.25, 0.3) is 0 Å². The van der Waals surface area contributed by atoms with E-state index in [2.05, 4.69) is 30.9 Å². The maximum atomic E-state index is 11.5. The number of amides is 1. The first-order valence-corrected chi connectivity index (χ1v) is 4.01. The van der Waals surface area contributed by atoms with Gasteiger partial charge in [-0.2, -0.15) is 9.90 Å². The molecule has 0 spiro atoms. The van der Waals surface area contributed by atoms with Crippen LogP contribution >= 0.6 is 0 Å². The van der Waals surface area contributed by atoms with Crippen molar-refractivity contribution in [2.75, 3.05) is 11.1 Å². The van der Waals surface area contributed by atoms with E-state index in [1.165, 1.54) is 10.9 Å². The minimum atomic E-state index is -0.424. The molecule has 4 N–H and O–H groups in total. The summed E-state index contributed by atoms with van der Waals surface area (Å²) < 4.78 is 0. The van der Waals surface area contributed by atoms with Gasteiger partial charge in [0, 0.05) is 6.07 Å². The lowest BCUT2D eigenvalue weighted by Crippen LogP contribution is -2.13. The molecule has 0 aliphatic rings. The Labute approximate surface area is 83.7 Å². The Kier molecular flexibility index (Phi) is 2.04. The third kappa shape index (κ3) is 1.90. The fourth-order valence-electron chi connectivity index (χ4n) is 0.957. The van der Waals surface area contributed by atoms with Gasteiger partial charge in [-0.25, -0.2) is 0 Å². The first-order chi connectivity index (χ1) is 7.15. The number of tetrazole rings is 1. The van der Waals surface area contributed by atoms with Crippen LogP contribution in [0, 0.1) is 0 Å². The molecule has 0 fully saturated rings. The summed E-state index contributed by atoms with van der Waals surface area (Å²) in [5, 5.41) is 19.4. The number of anilines is 2. The fraction of sp³-hybridized carbons (Fsp3) is 0.167. The van der Waals surface area contributed by atoms with Crippen LogP contribution in [0.1, 0.15) is 10.5 Å². The summed E-state index contributed by atoms with van der Waals surface area (Å²) in [6.45, 7) is 0. The van der Waals surface area contributed by atoms with Crippen molar-refractivity contribution in [2.45, 2.75) is 0 Å². The number of aromatic amines is 1. The molecule has 0 saturated heterocycles. The number of carbonyl (C=O) groups is 1. The molecule has 1 amide bonds. The number of hydrogen-bond donors (Lipinski definition) is 3. The van der Waals surface area contributed by atoms with E-state index in [4.69, 9.17) is 5.73 Å². The average molecular weight is 208 g/mol. The van der Waals surface area contributed by atoms with Crippen LogP contribution in [-0.4, -0.2) is 36.3 Å². The van der Waals surface area contributed by atoms with Crippen molar-refractivity contribution in [1.82, 2.24) is 30.4 Å². The Bertz CT molecular complexity index is 485. The maximum Gasteiger partial charge on any atom is 0.276 e. The molecular formula is C6H8N8O. The highest BCUT2D eigenvalue weighted by Crippen LogP contribution is 2.02. The van der Waals surface area contributed by atoms with E-state index in [0.717, 1.165) is 0 Å². The van der Waals surface area contributed by atoms with Crippen molar-refractivity contribution < 1.29 is 4.79 Å². The summed E-state index contributed by atoms with van der Waals surface area (Å²) in [6.07, 6.45) is 0. The van der Waals surface area contributed by atoms with Gasteiger partial charge in [0.05, 0.1) is 7.05 Å². The Morgan fingerprint density at radius 2 is 2.47 bits per heavy atom. The number of aryl methyl sites for hydroxylation is 1. The molecule has 0 atom stereocenters. The zero-order chi connectivity index (χ0) is 10.8. The van der Waals surface area contributed by atoms with Gasteiger partial charge in [-0.1, -0.05) is 5.10 Å². The van der Waals surface area contributed by atoms with E-state index in [1.807, 2.05) is 0 Å². The Hall–Kier alpha value is -2.45. The number of nitrogens with two attached hydrogens (primary N) is 1. The summed E-state index contributed by atoms with van der Waals surface area (Å²) in [7, 11) is 1.59. The number of nitrogens with one attached hydrogen (secondary N) is 2. The van der Waals surface area contributed by atoms with Crippen molar-refractivity contribution in [3.8, 4) is 0 Å². The predicted molar refractivity (Wildman–Crippen MR) is 49.8 cm³/mol. The van der Waals surface area contributed by atoms with Gasteiger partial charge in [0.15, 0.2) is 0 Å². The normalized spacial score (nSPS) is 10.2. The summed E-state index contributed by atoms with van der Waals surface area (Å²) in [5.74, 6) is -0.0601. The molecule has 0 aliphatic carbocycles. The molecule has 2 rings (SSSR count). The van der Waals surface area contributed by atoms with Crippen LogP contribution in [0.15, 0.2) is 6.07 Å². The first-order valence-electron chi connectivity index (χ1n) is 4.01. The lowest BCUT2D eigenvalue weighted by atomic mass is 10.4. The number of carbonyl (C=O) groups excluding carboxylic acids is 1. The van der Waals surface area contributed by atoms with Gasteiger partial charge in [0.25, 0.3) is 11.9 Å². The Balaban J connectivity index is 2.10. The summed E-state index contributed by atoms with van der Waals surface area (Å²) in [6, 6.07) is 1.41. The van der Waals surface area contributed by atoms with E-state index < -0.39 is 5.91 Å². The van der Waals surface area contributed by atoms with Crippen LogP contribution in [0.5, 0.6) is 0 Å². The van der Waals surface area contributed by atoms with Crippen LogP contribution in [0.3, 0.4) is 0 Å². The highest BCUT2D eigenvalue weighted by molar-refractivity contribution is 6.02. The fourth-order valence-corrected chi connectivity index (χ4v) is 0.957. The van der Waals surface area contributed by atoms with Crippen molar-refractivity contribution in [1.29, 1.82) is 0 Å². The maximum absolute atomic E-state index is 11.5. The molecule has 0 radical (unpaired) electrons. The molecule has 9 heteroatoms. The molecule has 15 heavy (non-hydrogen) atoms. The minimum absolute atomic E-state index is 0.121. The summed E-state index contributed by atoms with van der Waals surface area (Å²) >= 11 is 0. The lowest BCUT2D eigenvalue weighted by Gasteiger charge is -1.94. The second kappa shape index (κ2) is 3.36. The van der Waals surface area contributed by atoms with Gasteiger partial charge in [-0.15, -0.1) is 5.10 Å². The number of nitrogens with zero attached hydrogens (tertiary/aromatic N) is 5. The van der Waals surface area contributed by atoms with Crippen LogP contribution < -0.4 is 11.1 Å². The van der Waals surface area contributed by atoms with Crippen LogP contribution in [0.2, 0.25) is 0 Å². The predicted octanol–water partition coefficient (Wildman–Crippen LogP) is -1.23.